The molecule has 1 saturated carbocycles. The fourth-order valence-electron chi connectivity index (χ4n) is 3.25. The van der Waals surface area contributed by atoms with Gasteiger partial charge in [-0.05, 0) is 37.0 Å². The molecule has 7 heteroatoms. The normalized spacial score (nSPS) is 19.9. The number of hydrogen-bond acceptors (Lipinski definition) is 4. The monoisotopic (exact) mass is 357 g/mol. The van der Waals surface area contributed by atoms with Gasteiger partial charge in [0, 0.05) is 6.20 Å². The minimum atomic E-state index is -1.10. The summed E-state index contributed by atoms with van der Waals surface area (Å²) in [5.74, 6) is -0.858. The Kier molecular flexibility index (Phi) is 5.68. The number of aromatic nitrogens is 2. The van der Waals surface area contributed by atoms with Crippen molar-refractivity contribution in [1.29, 1.82) is 0 Å². The van der Waals surface area contributed by atoms with E-state index in [0.29, 0.717) is 17.3 Å². The Morgan fingerprint density at radius 1 is 1.27 bits per heavy atom. The average Bonchev–Trinajstić information content (AvgIpc) is 3.12. The van der Waals surface area contributed by atoms with Gasteiger partial charge in [0.25, 0.3) is 0 Å². The molecule has 2 N–H and O–H groups in total. The number of carbonyl (C=O) groups excluding carboxylic acids is 1. The number of benzene rings is 1. The number of ether oxygens (including phenoxy) is 1. The zero-order valence-electron chi connectivity index (χ0n) is 14.7. The van der Waals surface area contributed by atoms with Crippen LogP contribution >= 0.6 is 0 Å². The van der Waals surface area contributed by atoms with Gasteiger partial charge in [0.1, 0.15) is 6.61 Å². The van der Waals surface area contributed by atoms with E-state index in [1.807, 2.05) is 0 Å². The van der Waals surface area contributed by atoms with Crippen molar-refractivity contribution in [3.8, 4) is 5.69 Å². The van der Waals surface area contributed by atoms with E-state index >= 15 is 0 Å². The van der Waals surface area contributed by atoms with Crippen LogP contribution in [0.5, 0.6) is 0 Å². The van der Waals surface area contributed by atoms with E-state index in [9.17, 15) is 9.59 Å². The molecule has 0 spiro atoms. The number of nitrogens with one attached hydrogen (secondary N) is 1. The molecule has 1 fully saturated rings. The highest BCUT2D eigenvalue weighted by Crippen LogP contribution is 2.26. The Hall–Kier alpha value is -2.67. The number of amides is 1. The smallest absolute Gasteiger partial charge is 0.356 e. The quantitative estimate of drug-likeness (QED) is 0.828. The number of para-hydroxylation sites is 2. The van der Waals surface area contributed by atoms with Crippen molar-refractivity contribution in [3.63, 3.8) is 0 Å². The molecule has 1 aliphatic carbocycles. The summed E-state index contributed by atoms with van der Waals surface area (Å²) in [6.45, 7) is 2.16. The Morgan fingerprint density at radius 2 is 2.04 bits per heavy atom. The van der Waals surface area contributed by atoms with E-state index in [2.05, 4.69) is 17.3 Å². The first kappa shape index (κ1) is 18.1. The minimum Gasteiger partial charge on any atom is -0.476 e. The summed E-state index contributed by atoms with van der Waals surface area (Å²) in [5, 5.41) is 15.9. The highest BCUT2D eigenvalue weighted by molar-refractivity contribution is 5.93. The highest BCUT2D eigenvalue weighted by Gasteiger charge is 2.22. The number of hydrogen-bond donors (Lipinski definition) is 2. The Balaban J connectivity index is 1.65. The standard InChI is InChI=1S/C19H23N3O4/c1-13-6-2-5-9-17(13)26-12-18(23)20-14-7-3-4-8-16(14)22-11-10-15(21-22)19(24)25/h3-4,7-8,10-11,13,17H,2,5-6,9,12H2,1H3,(H,20,23)(H,24,25). The van der Waals surface area contributed by atoms with Gasteiger partial charge in [-0.25, -0.2) is 9.48 Å². The lowest BCUT2D eigenvalue weighted by Gasteiger charge is -2.28. The molecule has 2 unspecified atom stereocenters. The van der Waals surface area contributed by atoms with Crippen LogP contribution < -0.4 is 5.32 Å². The van der Waals surface area contributed by atoms with E-state index in [-0.39, 0.29) is 24.3 Å². The van der Waals surface area contributed by atoms with Crippen molar-refractivity contribution < 1.29 is 19.4 Å². The molecule has 138 valence electrons. The molecule has 1 aromatic heterocycles. The lowest BCUT2D eigenvalue weighted by Crippen LogP contribution is -2.30. The molecule has 2 atom stereocenters. The largest absolute Gasteiger partial charge is 0.476 e. The van der Waals surface area contributed by atoms with Gasteiger partial charge < -0.3 is 15.2 Å². The van der Waals surface area contributed by atoms with Crippen molar-refractivity contribution >= 4 is 17.6 Å². The maximum Gasteiger partial charge on any atom is 0.356 e. The van der Waals surface area contributed by atoms with Crippen LogP contribution in [-0.4, -0.2) is 39.5 Å². The van der Waals surface area contributed by atoms with E-state index in [1.165, 1.54) is 17.2 Å². The predicted octanol–water partition coefficient (Wildman–Crippen LogP) is 3.10. The number of rotatable bonds is 6. The Bertz CT molecular complexity index is 787. The molecule has 26 heavy (non-hydrogen) atoms. The van der Waals surface area contributed by atoms with Crippen LogP contribution in [0.1, 0.15) is 43.1 Å². The van der Waals surface area contributed by atoms with Gasteiger partial charge in [0.15, 0.2) is 5.69 Å². The maximum absolute atomic E-state index is 12.3. The molecule has 2 aromatic rings. The van der Waals surface area contributed by atoms with Crippen LogP contribution in [0.15, 0.2) is 36.5 Å². The summed E-state index contributed by atoms with van der Waals surface area (Å²) in [7, 11) is 0. The molecule has 1 aromatic carbocycles. The van der Waals surface area contributed by atoms with Gasteiger partial charge in [-0.15, -0.1) is 0 Å². The summed E-state index contributed by atoms with van der Waals surface area (Å²) in [4.78, 5) is 23.3. The van der Waals surface area contributed by atoms with Gasteiger partial charge in [0.05, 0.1) is 17.5 Å². The van der Waals surface area contributed by atoms with E-state index < -0.39 is 5.97 Å². The molecule has 1 heterocycles. The van der Waals surface area contributed by atoms with Crippen LogP contribution in [0.25, 0.3) is 5.69 Å². The summed E-state index contributed by atoms with van der Waals surface area (Å²) in [5.41, 5.74) is 1.10. The van der Waals surface area contributed by atoms with Crippen molar-refractivity contribution in [2.24, 2.45) is 5.92 Å². The molecule has 0 aliphatic heterocycles. The summed E-state index contributed by atoms with van der Waals surface area (Å²) < 4.78 is 7.23. The van der Waals surface area contributed by atoms with Gasteiger partial charge >= 0.3 is 5.97 Å². The van der Waals surface area contributed by atoms with Gasteiger partial charge in [-0.2, -0.15) is 5.10 Å². The first-order valence-electron chi connectivity index (χ1n) is 8.84. The first-order valence-corrected chi connectivity index (χ1v) is 8.84. The number of carbonyl (C=O) groups is 2. The second-order valence-corrected chi connectivity index (χ2v) is 6.63. The van der Waals surface area contributed by atoms with E-state index in [1.54, 1.807) is 30.5 Å². The summed E-state index contributed by atoms with van der Waals surface area (Å²) in [6.07, 6.45) is 6.19. The molecule has 3 rings (SSSR count). The van der Waals surface area contributed by atoms with Crippen LogP contribution in [0.3, 0.4) is 0 Å². The minimum absolute atomic E-state index is 0.00280. The lowest BCUT2D eigenvalue weighted by atomic mass is 9.88. The molecule has 7 nitrogen and oxygen atoms in total. The molecule has 0 bridgehead atoms. The van der Waals surface area contributed by atoms with Crippen LogP contribution in [-0.2, 0) is 9.53 Å². The number of carboxylic acid groups (broad SMARTS) is 1. The third-order valence-electron chi connectivity index (χ3n) is 4.69. The molecule has 0 radical (unpaired) electrons. The summed E-state index contributed by atoms with van der Waals surface area (Å²) in [6, 6.07) is 8.52. The topological polar surface area (TPSA) is 93.5 Å². The SMILES string of the molecule is CC1CCCCC1OCC(=O)Nc1ccccc1-n1ccc(C(=O)O)n1. The van der Waals surface area contributed by atoms with Crippen molar-refractivity contribution in [1.82, 2.24) is 9.78 Å². The second kappa shape index (κ2) is 8.14. The zero-order valence-corrected chi connectivity index (χ0v) is 14.7. The second-order valence-electron chi connectivity index (χ2n) is 6.63. The van der Waals surface area contributed by atoms with Crippen molar-refractivity contribution in [2.75, 3.05) is 11.9 Å². The van der Waals surface area contributed by atoms with Gasteiger partial charge in [-0.3, -0.25) is 4.79 Å². The third-order valence-corrected chi connectivity index (χ3v) is 4.69. The van der Waals surface area contributed by atoms with Gasteiger partial charge in [0.2, 0.25) is 5.91 Å². The van der Waals surface area contributed by atoms with E-state index in [4.69, 9.17) is 9.84 Å². The zero-order chi connectivity index (χ0) is 18.5. The highest BCUT2D eigenvalue weighted by atomic mass is 16.5. The first-order chi connectivity index (χ1) is 12.5. The fourth-order valence-corrected chi connectivity index (χ4v) is 3.25. The molecular formula is C19H23N3O4. The predicted molar refractivity (Wildman–Crippen MR) is 96.5 cm³/mol. The average molecular weight is 357 g/mol. The number of aromatic carboxylic acids is 1. The maximum atomic E-state index is 12.3. The number of nitrogens with zero attached hydrogens (tertiary/aromatic N) is 2. The van der Waals surface area contributed by atoms with Crippen LogP contribution in [0, 0.1) is 5.92 Å². The van der Waals surface area contributed by atoms with Crippen molar-refractivity contribution in [3.05, 3.63) is 42.2 Å². The molecule has 1 aliphatic rings. The summed E-state index contributed by atoms with van der Waals surface area (Å²) >= 11 is 0. The molecule has 1 amide bonds. The van der Waals surface area contributed by atoms with Crippen molar-refractivity contribution in [2.45, 2.75) is 38.7 Å². The lowest BCUT2D eigenvalue weighted by molar-refractivity contribution is -0.124. The van der Waals surface area contributed by atoms with Gasteiger partial charge in [-0.1, -0.05) is 31.9 Å². The Morgan fingerprint density at radius 3 is 2.77 bits per heavy atom. The number of carboxylic acids is 1. The molecule has 0 saturated heterocycles. The third kappa shape index (κ3) is 4.29. The fraction of sp³-hybridized carbons (Fsp3) is 0.421. The van der Waals surface area contributed by atoms with Crippen LogP contribution in [0.2, 0.25) is 0 Å². The van der Waals surface area contributed by atoms with Crippen LogP contribution in [0.4, 0.5) is 5.69 Å². The Labute approximate surface area is 152 Å². The number of anilines is 1. The van der Waals surface area contributed by atoms with E-state index in [0.717, 1.165) is 19.3 Å². The molecular weight excluding hydrogens is 334 g/mol.